The number of nitrogens with zero attached hydrogens (tertiary/aromatic N) is 1. The zero-order valence-corrected chi connectivity index (χ0v) is 18.2. The minimum absolute atomic E-state index is 0.121. The second kappa shape index (κ2) is 9.58. The molecule has 1 aliphatic rings. The van der Waals surface area contributed by atoms with Crippen LogP contribution in [0.3, 0.4) is 0 Å². The molecule has 0 unspecified atom stereocenters. The van der Waals surface area contributed by atoms with Gasteiger partial charge in [0.15, 0.2) is 5.78 Å². The van der Waals surface area contributed by atoms with Crippen molar-refractivity contribution in [3.63, 3.8) is 0 Å². The molecule has 0 saturated carbocycles. The van der Waals surface area contributed by atoms with Crippen molar-refractivity contribution >= 4 is 5.78 Å². The normalized spacial score (nSPS) is 16.1. The van der Waals surface area contributed by atoms with Crippen LogP contribution in [0.1, 0.15) is 67.9 Å². The van der Waals surface area contributed by atoms with E-state index in [2.05, 4.69) is 37.8 Å². The fraction of sp³-hybridized carbons (Fsp3) is 0.500. The van der Waals surface area contributed by atoms with Crippen molar-refractivity contribution in [2.75, 3.05) is 19.6 Å². The maximum absolute atomic E-state index is 12.5. The van der Waals surface area contributed by atoms with Gasteiger partial charge in [-0.1, -0.05) is 57.2 Å². The van der Waals surface area contributed by atoms with E-state index >= 15 is 0 Å². The number of benzene rings is 2. The molecule has 3 heteroatoms. The molecule has 2 aromatic rings. The van der Waals surface area contributed by atoms with Gasteiger partial charge in [-0.2, -0.15) is 0 Å². The predicted octanol–water partition coefficient (Wildman–Crippen LogP) is 5.61. The highest BCUT2D eigenvalue weighted by atomic mass is 16.3. The van der Waals surface area contributed by atoms with Gasteiger partial charge in [0.05, 0.1) is 0 Å². The largest absolute Gasteiger partial charge is 0.508 e. The molecule has 0 amide bonds. The predicted molar refractivity (Wildman–Crippen MR) is 120 cm³/mol. The Morgan fingerprint density at radius 3 is 2.21 bits per heavy atom. The third-order valence-corrected chi connectivity index (χ3v) is 6.12. The number of carbonyl (C=O) groups is 1. The number of hydrogen-bond donors (Lipinski definition) is 1. The van der Waals surface area contributed by atoms with Gasteiger partial charge in [0.2, 0.25) is 0 Å². The zero-order valence-electron chi connectivity index (χ0n) is 18.2. The molecule has 0 aromatic heterocycles. The van der Waals surface area contributed by atoms with Gasteiger partial charge in [-0.15, -0.1) is 0 Å². The molecule has 1 saturated heterocycles. The number of Topliss-reactive ketones (excluding diaryl/α,β-unsaturated/α-hetero) is 1. The van der Waals surface area contributed by atoms with Crippen LogP contribution in [0.4, 0.5) is 0 Å². The average molecular weight is 394 g/mol. The molecule has 0 atom stereocenters. The van der Waals surface area contributed by atoms with Crippen LogP contribution >= 0.6 is 0 Å². The lowest BCUT2D eigenvalue weighted by Gasteiger charge is -2.32. The summed E-state index contributed by atoms with van der Waals surface area (Å²) in [7, 11) is 0. The number of phenolic OH excluding ortho intramolecular Hbond substituents is 1. The number of piperidine rings is 1. The first-order valence-electron chi connectivity index (χ1n) is 11.0. The average Bonchev–Trinajstić information content (AvgIpc) is 2.70. The van der Waals surface area contributed by atoms with Crippen molar-refractivity contribution in [3.05, 3.63) is 65.2 Å². The maximum Gasteiger partial charge on any atom is 0.162 e. The molecule has 156 valence electrons. The van der Waals surface area contributed by atoms with Gasteiger partial charge in [-0.05, 0) is 79.9 Å². The Bertz CT molecular complexity index is 779. The molecular formula is C26H35NO2. The Morgan fingerprint density at radius 1 is 1.00 bits per heavy atom. The van der Waals surface area contributed by atoms with Crippen LogP contribution in [-0.2, 0) is 11.8 Å². The second-order valence-electron chi connectivity index (χ2n) is 9.51. The number of hydrogen-bond acceptors (Lipinski definition) is 3. The lowest BCUT2D eigenvalue weighted by Crippen LogP contribution is -2.35. The van der Waals surface area contributed by atoms with Crippen molar-refractivity contribution in [1.82, 2.24) is 4.90 Å². The molecule has 1 heterocycles. The summed E-state index contributed by atoms with van der Waals surface area (Å²) >= 11 is 0. The van der Waals surface area contributed by atoms with Crippen LogP contribution in [0.15, 0.2) is 48.5 Å². The minimum Gasteiger partial charge on any atom is -0.508 e. The Labute approximate surface area is 175 Å². The molecule has 3 nitrogen and oxygen atoms in total. The molecule has 29 heavy (non-hydrogen) atoms. The van der Waals surface area contributed by atoms with Crippen LogP contribution in [0.5, 0.6) is 5.75 Å². The molecule has 3 rings (SSSR count). The Hall–Kier alpha value is -2.13. The summed E-state index contributed by atoms with van der Waals surface area (Å²) in [6.07, 6.45) is 5.08. The van der Waals surface area contributed by atoms with Gasteiger partial charge >= 0.3 is 0 Å². The lowest BCUT2D eigenvalue weighted by atomic mass is 9.86. The summed E-state index contributed by atoms with van der Waals surface area (Å²) in [5, 5.41) is 9.40. The number of aromatic hydroxyl groups is 1. The Kier molecular flexibility index (Phi) is 7.13. The zero-order chi connectivity index (χ0) is 20.9. The number of likely N-dealkylation sites (tertiary alicyclic amines) is 1. The molecule has 1 fully saturated rings. The summed E-state index contributed by atoms with van der Waals surface area (Å²) in [5.41, 5.74) is 3.54. The van der Waals surface area contributed by atoms with Gasteiger partial charge < -0.3 is 10.0 Å². The summed E-state index contributed by atoms with van der Waals surface area (Å²) < 4.78 is 0. The van der Waals surface area contributed by atoms with E-state index in [1.165, 1.54) is 24.0 Å². The van der Waals surface area contributed by atoms with Crippen LogP contribution < -0.4 is 0 Å². The van der Waals surface area contributed by atoms with Gasteiger partial charge in [0.1, 0.15) is 5.75 Å². The van der Waals surface area contributed by atoms with Crippen LogP contribution in [0.2, 0.25) is 0 Å². The molecular weight excluding hydrogens is 358 g/mol. The molecule has 0 bridgehead atoms. The summed E-state index contributed by atoms with van der Waals surface area (Å²) in [4.78, 5) is 15.0. The monoisotopic (exact) mass is 393 g/mol. The van der Waals surface area contributed by atoms with Crippen molar-refractivity contribution < 1.29 is 9.90 Å². The minimum atomic E-state index is 0.121. The number of rotatable bonds is 7. The highest BCUT2D eigenvalue weighted by molar-refractivity contribution is 5.96. The Morgan fingerprint density at radius 2 is 1.62 bits per heavy atom. The van der Waals surface area contributed by atoms with E-state index in [9.17, 15) is 9.90 Å². The standard InChI is InChI=1S/C26H35NO2/c1-26(2,3)23-10-8-22(9-11-23)25(29)5-4-16-27-17-14-21(15-18-27)19-20-6-12-24(28)13-7-20/h6-13,21,28H,4-5,14-19H2,1-3H3. The number of ketones is 1. The second-order valence-corrected chi connectivity index (χ2v) is 9.51. The van der Waals surface area contributed by atoms with E-state index in [0.29, 0.717) is 12.2 Å². The summed E-state index contributed by atoms with van der Waals surface area (Å²) in [6.45, 7) is 9.83. The molecule has 2 aromatic carbocycles. The maximum atomic E-state index is 12.5. The van der Waals surface area contributed by atoms with E-state index in [4.69, 9.17) is 0 Å². The van der Waals surface area contributed by atoms with E-state index in [0.717, 1.165) is 44.0 Å². The van der Waals surface area contributed by atoms with E-state index in [1.807, 2.05) is 24.3 Å². The fourth-order valence-corrected chi connectivity index (χ4v) is 4.14. The fourth-order valence-electron chi connectivity index (χ4n) is 4.14. The number of phenols is 1. The SMILES string of the molecule is CC(C)(C)c1ccc(C(=O)CCCN2CCC(Cc3ccc(O)cc3)CC2)cc1. The van der Waals surface area contributed by atoms with Gasteiger partial charge in [-0.3, -0.25) is 4.79 Å². The lowest BCUT2D eigenvalue weighted by molar-refractivity contribution is 0.0970. The summed E-state index contributed by atoms with van der Waals surface area (Å²) in [6, 6.07) is 15.8. The van der Waals surface area contributed by atoms with Crippen LogP contribution in [-0.4, -0.2) is 35.4 Å². The highest BCUT2D eigenvalue weighted by Crippen LogP contribution is 2.24. The first-order valence-corrected chi connectivity index (χ1v) is 11.0. The van der Waals surface area contributed by atoms with Crippen LogP contribution in [0.25, 0.3) is 0 Å². The van der Waals surface area contributed by atoms with Crippen molar-refractivity contribution in [2.24, 2.45) is 5.92 Å². The molecule has 0 aliphatic carbocycles. The number of carbonyl (C=O) groups excluding carboxylic acids is 1. The van der Waals surface area contributed by atoms with Gasteiger partial charge in [0, 0.05) is 12.0 Å². The third kappa shape index (κ3) is 6.43. The van der Waals surface area contributed by atoms with E-state index in [1.54, 1.807) is 12.1 Å². The third-order valence-electron chi connectivity index (χ3n) is 6.12. The molecule has 1 N–H and O–H groups in total. The van der Waals surface area contributed by atoms with Crippen molar-refractivity contribution in [1.29, 1.82) is 0 Å². The smallest absolute Gasteiger partial charge is 0.162 e. The van der Waals surface area contributed by atoms with E-state index in [-0.39, 0.29) is 11.2 Å². The Balaban J connectivity index is 1.37. The van der Waals surface area contributed by atoms with E-state index < -0.39 is 0 Å². The van der Waals surface area contributed by atoms with Gasteiger partial charge in [-0.25, -0.2) is 0 Å². The molecule has 1 aliphatic heterocycles. The first-order chi connectivity index (χ1) is 13.8. The quantitative estimate of drug-likeness (QED) is 0.622. The molecule has 0 radical (unpaired) electrons. The first kappa shape index (κ1) is 21.6. The van der Waals surface area contributed by atoms with Crippen molar-refractivity contribution in [3.8, 4) is 5.75 Å². The van der Waals surface area contributed by atoms with Crippen LogP contribution in [0, 0.1) is 5.92 Å². The summed E-state index contributed by atoms with van der Waals surface area (Å²) in [5.74, 6) is 1.31. The topological polar surface area (TPSA) is 40.5 Å². The molecule has 0 spiro atoms. The highest BCUT2D eigenvalue weighted by Gasteiger charge is 2.20. The van der Waals surface area contributed by atoms with Gasteiger partial charge in [0.25, 0.3) is 0 Å². The van der Waals surface area contributed by atoms with Crippen molar-refractivity contribution in [2.45, 2.75) is 58.3 Å².